The second kappa shape index (κ2) is 5.02. The molecule has 0 saturated carbocycles. The molecule has 0 spiro atoms. The van der Waals surface area contributed by atoms with Gasteiger partial charge in [-0.1, -0.05) is 36.4 Å². The van der Waals surface area contributed by atoms with E-state index in [4.69, 9.17) is 0 Å². The van der Waals surface area contributed by atoms with Crippen LogP contribution in [0.5, 0.6) is 0 Å². The lowest BCUT2D eigenvalue weighted by molar-refractivity contribution is 1.56. The normalized spacial score (nSPS) is 12.6. The maximum atomic E-state index is 2.48. The summed E-state index contributed by atoms with van der Waals surface area (Å²) in [6.07, 6.45) is 0. The molecule has 0 fully saturated rings. The number of rotatable bonds is 0. The summed E-state index contributed by atoms with van der Waals surface area (Å²) in [6, 6.07) is 20.4. The molecular weight excluding hydrogens is 376 g/mol. The van der Waals surface area contributed by atoms with Crippen molar-refractivity contribution in [3.05, 3.63) is 71.1 Å². The summed E-state index contributed by atoms with van der Waals surface area (Å²) in [7, 11) is 0. The van der Waals surface area contributed by atoms with Crippen LogP contribution in [0.4, 0.5) is 0 Å². The fraction of sp³-hybridized carbons (Fsp3) is 0.0769. The molecular formula is C26H16S2. The maximum absolute atomic E-state index is 2.48. The Morgan fingerprint density at radius 1 is 0.714 bits per heavy atom. The minimum absolute atomic E-state index is 1.34. The highest BCUT2D eigenvalue weighted by Gasteiger charge is 2.27. The summed E-state index contributed by atoms with van der Waals surface area (Å²) in [6.45, 7) is 4.58. The second-order valence-corrected chi connectivity index (χ2v) is 9.78. The Bertz CT molecular complexity index is 1630. The Morgan fingerprint density at radius 2 is 1.61 bits per heavy atom. The van der Waals surface area contributed by atoms with E-state index in [2.05, 4.69) is 73.8 Å². The molecule has 2 heterocycles. The molecule has 0 amide bonds. The molecule has 2 aromatic heterocycles. The summed E-state index contributed by atoms with van der Waals surface area (Å²) < 4.78 is 4.28. The van der Waals surface area contributed by atoms with Crippen LogP contribution >= 0.6 is 22.7 Å². The van der Waals surface area contributed by atoms with Gasteiger partial charge in [-0.25, -0.2) is 0 Å². The number of aryl methyl sites for hydroxylation is 2. The van der Waals surface area contributed by atoms with Gasteiger partial charge in [-0.3, -0.25) is 0 Å². The van der Waals surface area contributed by atoms with Crippen molar-refractivity contribution in [3.63, 3.8) is 0 Å². The Morgan fingerprint density at radius 3 is 2.54 bits per heavy atom. The van der Waals surface area contributed by atoms with Gasteiger partial charge >= 0.3 is 0 Å². The van der Waals surface area contributed by atoms with Gasteiger partial charge in [0.1, 0.15) is 0 Å². The minimum atomic E-state index is 1.34. The van der Waals surface area contributed by atoms with Crippen LogP contribution in [0.3, 0.4) is 0 Å². The Labute approximate surface area is 170 Å². The first-order valence-electron chi connectivity index (χ1n) is 9.61. The summed E-state index contributed by atoms with van der Waals surface area (Å²) in [5.74, 6) is 0. The average molecular weight is 393 g/mol. The minimum Gasteiger partial charge on any atom is -0.143 e. The van der Waals surface area contributed by atoms with Gasteiger partial charge in [0.05, 0.1) is 0 Å². The molecule has 0 N–H and O–H groups in total. The molecule has 0 radical (unpaired) electrons. The molecule has 1 aliphatic carbocycles. The summed E-state index contributed by atoms with van der Waals surface area (Å²) in [4.78, 5) is 0. The molecule has 0 bridgehead atoms. The van der Waals surface area contributed by atoms with Crippen molar-refractivity contribution in [1.82, 2.24) is 0 Å². The summed E-state index contributed by atoms with van der Waals surface area (Å²) in [5, 5.41) is 9.37. The topological polar surface area (TPSA) is 0 Å². The van der Waals surface area contributed by atoms with Crippen molar-refractivity contribution in [2.45, 2.75) is 13.8 Å². The average Bonchev–Trinajstić information content (AvgIpc) is 3.38. The zero-order chi connectivity index (χ0) is 18.6. The highest BCUT2D eigenvalue weighted by molar-refractivity contribution is 7.26. The van der Waals surface area contributed by atoms with Crippen LogP contribution in [0, 0.1) is 13.8 Å². The van der Waals surface area contributed by atoms with Crippen molar-refractivity contribution in [1.29, 1.82) is 0 Å². The summed E-state index contributed by atoms with van der Waals surface area (Å²) in [5.41, 5.74) is 8.53. The zero-order valence-corrected chi connectivity index (χ0v) is 17.2. The van der Waals surface area contributed by atoms with Crippen molar-refractivity contribution in [2.75, 3.05) is 0 Å². The molecule has 28 heavy (non-hydrogen) atoms. The lowest BCUT2D eigenvalue weighted by Gasteiger charge is -2.09. The maximum Gasteiger partial charge on any atom is 0.0391 e. The van der Waals surface area contributed by atoms with Gasteiger partial charge in [0.25, 0.3) is 0 Å². The van der Waals surface area contributed by atoms with Gasteiger partial charge in [-0.2, -0.15) is 0 Å². The van der Waals surface area contributed by atoms with Gasteiger partial charge in [0.2, 0.25) is 0 Å². The predicted octanol–water partition coefficient (Wildman–Crippen LogP) is 8.69. The first-order chi connectivity index (χ1) is 13.7. The van der Waals surface area contributed by atoms with Crippen molar-refractivity contribution < 1.29 is 0 Å². The molecule has 0 atom stereocenters. The Kier molecular flexibility index (Phi) is 2.74. The van der Waals surface area contributed by atoms with Gasteiger partial charge in [0, 0.05) is 35.8 Å². The zero-order valence-electron chi connectivity index (χ0n) is 15.6. The second-order valence-electron chi connectivity index (χ2n) is 7.85. The van der Waals surface area contributed by atoms with Crippen LogP contribution in [0.15, 0.2) is 60.0 Å². The smallest absolute Gasteiger partial charge is 0.0391 e. The number of hydrogen-bond donors (Lipinski definition) is 0. The van der Waals surface area contributed by atoms with E-state index < -0.39 is 0 Å². The standard InChI is InChI=1S/C26H16S2/c1-13-10-15-6-3-4-7-16(15)24-19-11-18-20-12-27-21-9-5-8-17(23(20)21)22(18)14(2)26(19)28-25(13)24/h3-12H,1-2H3. The molecule has 4 aromatic carbocycles. The van der Waals surface area contributed by atoms with Crippen LogP contribution in [0.25, 0.3) is 63.3 Å². The van der Waals surface area contributed by atoms with E-state index in [9.17, 15) is 0 Å². The van der Waals surface area contributed by atoms with Gasteiger partial charge in [-0.15, -0.1) is 22.7 Å². The van der Waals surface area contributed by atoms with Crippen molar-refractivity contribution in [2.24, 2.45) is 0 Å². The lowest BCUT2D eigenvalue weighted by atomic mass is 9.94. The molecule has 7 rings (SSSR count). The van der Waals surface area contributed by atoms with Gasteiger partial charge in [0.15, 0.2) is 0 Å². The number of thiophene rings is 2. The third-order valence-electron chi connectivity index (χ3n) is 6.34. The monoisotopic (exact) mass is 392 g/mol. The third-order valence-corrected chi connectivity index (χ3v) is 8.75. The first kappa shape index (κ1) is 15.3. The SMILES string of the molecule is Cc1c2c(cc3c1sc1c(C)cc4ccccc4c13)-c1csc3cccc-2c13. The van der Waals surface area contributed by atoms with Gasteiger partial charge in [-0.05, 0) is 76.0 Å². The molecule has 0 aliphatic heterocycles. The highest BCUT2D eigenvalue weighted by atomic mass is 32.1. The molecule has 132 valence electrons. The van der Waals surface area contributed by atoms with E-state index in [1.165, 1.54) is 74.4 Å². The summed E-state index contributed by atoms with van der Waals surface area (Å²) >= 11 is 3.84. The third kappa shape index (κ3) is 1.67. The first-order valence-corrected chi connectivity index (χ1v) is 11.3. The molecule has 0 nitrogen and oxygen atoms in total. The van der Waals surface area contributed by atoms with E-state index in [-0.39, 0.29) is 0 Å². The molecule has 6 aromatic rings. The number of fused-ring (bicyclic) bond motifs is 8. The molecule has 0 unspecified atom stereocenters. The van der Waals surface area contributed by atoms with Gasteiger partial charge < -0.3 is 0 Å². The van der Waals surface area contributed by atoms with E-state index in [0.29, 0.717) is 0 Å². The van der Waals surface area contributed by atoms with Crippen LogP contribution < -0.4 is 0 Å². The quantitative estimate of drug-likeness (QED) is 0.242. The van der Waals surface area contributed by atoms with E-state index in [0.717, 1.165) is 0 Å². The van der Waals surface area contributed by atoms with Crippen LogP contribution in [0.2, 0.25) is 0 Å². The number of hydrogen-bond acceptors (Lipinski definition) is 2. The van der Waals surface area contributed by atoms with Crippen LogP contribution in [0.1, 0.15) is 11.1 Å². The fourth-order valence-corrected chi connectivity index (χ4v) is 7.40. The predicted molar refractivity (Wildman–Crippen MR) is 126 cm³/mol. The Balaban J connectivity index is 1.74. The van der Waals surface area contributed by atoms with Crippen LogP contribution in [-0.2, 0) is 0 Å². The molecule has 2 heteroatoms. The van der Waals surface area contributed by atoms with E-state index in [1.807, 2.05) is 22.7 Å². The lowest BCUT2D eigenvalue weighted by Crippen LogP contribution is -1.84. The van der Waals surface area contributed by atoms with Crippen molar-refractivity contribution >= 4 is 63.7 Å². The molecule has 0 saturated heterocycles. The number of benzene rings is 4. The Hall–Kier alpha value is -2.68. The van der Waals surface area contributed by atoms with Crippen molar-refractivity contribution in [3.8, 4) is 22.3 Å². The highest BCUT2D eigenvalue weighted by Crippen LogP contribution is 2.54. The molecule has 1 aliphatic rings. The fourth-order valence-electron chi connectivity index (χ4n) is 5.14. The van der Waals surface area contributed by atoms with E-state index >= 15 is 0 Å². The van der Waals surface area contributed by atoms with Crippen LogP contribution in [-0.4, -0.2) is 0 Å². The largest absolute Gasteiger partial charge is 0.143 e. The van der Waals surface area contributed by atoms with E-state index in [1.54, 1.807) is 0 Å².